The van der Waals surface area contributed by atoms with Gasteiger partial charge in [-0.15, -0.1) is 0 Å². The lowest BCUT2D eigenvalue weighted by atomic mass is 9.71. The van der Waals surface area contributed by atoms with E-state index in [1.165, 1.54) is 0 Å². The first kappa shape index (κ1) is 11.3. The summed E-state index contributed by atoms with van der Waals surface area (Å²) in [4.78, 5) is 14.7. The molecule has 1 aromatic rings. The van der Waals surface area contributed by atoms with Crippen LogP contribution in [0, 0.1) is 13.8 Å². The van der Waals surface area contributed by atoms with Gasteiger partial charge in [0.15, 0.2) is 11.5 Å². The molecule has 1 aromatic carbocycles. The normalized spacial score (nSPS) is 19.0. The van der Waals surface area contributed by atoms with Crippen molar-refractivity contribution in [1.82, 2.24) is 0 Å². The number of rotatable bonds is 2. The second kappa shape index (κ2) is 3.85. The summed E-state index contributed by atoms with van der Waals surface area (Å²) in [6, 6.07) is 2.07. The second-order valence-corrected chi connectivity index (χ2v) is 5.02. The van der Waals surface area contributed by atoms with Crippen molar-refractivity contribution in [2.45, 2.75) is 38.6 Å². The van der Waals surface area contributed by atoms with E-state index in [2.05, 4.69) is 11.1 Å². The van der Waals surface area contributed by atoms with E-state index in [0.717, 1.165) is 47.5 Å². The lowest BCUT2D eigenvalue weighted by Gasteiger charge is -2.37. The summed E-state index contributed by atoms with van der Waals surface area (Å²) >= 11 is 0. The van der Waals surface area contributed by atoms with Crippen LogP contribution >= 0.6 is 0 Å². The van der Waals surface area contributed by atoms with Gasteiger partial charge in [-0.2, -0.15) is 4.99 Å². The lowest BCUT2D eigenvalue weighted by Crippen LogP contribution is -2.32. The van der Waals surface area contributed by atoms with Crippen molar-refractivity contribution in [2.75, 3.05) is 6.79 Å². The van der Waals surface area contributed by atoms with Crippen molar-refractivity contribution >= 4 is 6.08 Å². The minimum atomic E-state index is -0.433. The maximum Gasteiger partial charge on any atom is 0.235 e. The third-order valence-electron chi connectivity index (χ3n) is 4.09. The van der Waals surface area contributed by atoms with Gasteiger partial charge in [0.1, 0.15) is 5.54 Å². The molecule has 0 N–H and O–H groups in total. The highest BCUT2D eigenvalue weighted by molar-refractivity contribution is 5.59. The molecule has 0 atom stereocenters. The fraction of sp³-hybridized carbons (Fsp3) is 0.500. The number of benzene rings is 1. The van der Waals surface area contributed by atoms with E-state index in [9.17, 15) is 4.79 Å². The minimum absolute atomic E-state index is 0.244. The van der Waals surface area contributed by atoms with Gasteiger partial charge in [-0.05, 0) is 50.3 Å². The number of isocyanates is 1. The fourth-order valence-electron chi connectivity index (χ4n) is 2.71. The van der Waals surface area contributed by atoms with Gasteiger partial charge in [0, 0.05) is 5.56 Å². The lowest BCUT2D eigenvalue weighted by molar-refractivity contribution is 0.168. The summed E-state index contributed by atoms with van der Waals surface area (Å²) in [5.41, 5.74) is 2.78. The van der Waals surface area contributed by atoms with Gasteiger partial charge in [0.05, 0.1) is 0 Å². The molecule has 4 heteroatoms. The molecule has 18 heavy (non-hydrogen) atoms. The summed E-state index contributed by atoms with van der Waals surface area (Å²) in [5, 5.41) is 0. The van der Waals surface area contributed by atoms with E-state index in [4.69, 9.17) is 9.47 Å². The van der Waals surface area contributed by atoms with Gasteiger partial charge in [0.25, 0.3) is 0 Å². The largest absolute Gasteiger partial charge is 0.453 e. The highest BCUT2D eigenvalue weighted by Crippen LogP contribution is 2.52. The summed E-state index contributed by atoms with van der Waals surface area (Å²) in [6.07, 6.45) is 4.54. The number of aryl methyl sites for hydroxylation is 1. The third-order valence-corrected chi connectivity index (χ3v) is 4.09. The molecule has 4 nitrogen and oxygen atoms in total. The second-order valence-electron chi connectivity index (χ2n) is 5.02. The van der Waals surface area contributed by atoms with Gasteiger partial charge >= 0.3 is 0 Å². The Hall–Kier alpha value is -1.80. The Bertz CT molecular complexity index is 555. The summed E-state index contributed by atoms with van der Waals surface area (Å²) in [7, 11) is 0. The van der Waals surface area contributed by atoms with Gasteiger partial charge < -0.3 is 9.47 Å². The zero-order valence-electron chi connectivity index (χ0n) is 10.6. The Kier molecular flexibility index (Phi) is 2.42. The first-order chi connectivity index (χ1) is 8.68. The molecule has 0 spiro atoms. The molecular formula is C14H15NO3. The molecule has 0 bridgehead atoms. The van der Waals surface area contributed by atoms with E-state index in [-0.39, 0.29) is 6.79 Å². The zero-order chi connectivity index (χ0) is 12.8. The predicted molar refractivity (Wildman–Crippen MR) is 65.7 cm³/mol. The van der Waals surface area contributed by atoms with Crippen LogP contribution in [0.15, 0.2) is 11.1 Å². The van der Waals surface area contributed by atoms with Gasteiger partial charge in [-0.1, -0.05) is 0 Å². The molecule has 0 radical (unpaired) electrons. The van der Waals surface area contributed by atoms with Crippen LogP contribution in [0.25, 0.3) is 0 Å². The summed E-state index contributed by atoms with van der Waals surface area (Å²) in [5.74, 6) is 1.56. The quantitative estimate of drug-likeness (QED) is 0.594. The molecule has 0 amide bonds. The molecular weight excluding hydrogens is 230 g/mol. The Morgan fingerprint density at radius 1 is 1.28 bits per heavy atom. The van der Waals surface area contributed by atoms with Crippen LogP contribution in [0.1, 0.15) is 36.0 Å². The molecule has 0 aromatic heterocycles. The van der Waals surface area contributed by atoms with Crippen LogP contribution < -0.4 is 9.47 Å². The van der Waals surface area contributed by atoms with Crippen LogP contribution in [-0.4, -0.2) is 12.9 Å². The number of aliphatic imine (C=N–C) groups is 1. The molecule has 1 aliphatic carbocycles. The molecule has 94 valence electrons. The predicted octanol–water partition coefficient (Wildman–Crippen LogP) is 2.75. The number of nitrogens with zero attached hydrogens (tertiary/aromatic N) is 1. The fourth-order valence-corrected chi connectivity index (χ4v) is 2.71. The zero-order valence-corrected chi connectivity index (χ0v) is 10.6. The molecule has 1 heterocycles. The first-order valence-corrected chi connectivity index (χ1v) is 6.17. The van der Waals surface area contributed by atoms with Crippen LogP contribution in [-0.2, 0) is 10.3 Å². The maximum absolute atomic E-state index is 10.7. The number of hydrogen-bond donors (Lipinski definition) is 0. The van der Waals surface area contributed by atoms with Gasteiger partial charge in [0.2, 0.25) is 12.9 Å². The Labute approximate surface area is 106 Å². The van der Waals surface area contributed by atoms with Crippen molar-refractivity contribution < 1.29 is 14.3 Å². The Balaban J connectivity index is 2.21. The molecule has 1 aliphatic heterocycles. The number of hydrogen-bond acceptors (Lipinski definition) is 4. The summed E-state index contributed by atoms with van der Waals surface area (Å²) < 4.78 is 11.1. The van der Waals surface area contributed by atoms with Crippen molar-refractivity contribution in [3.8, 4) is 11.5 Å². The van der Waals surface area contributed by atoms with E-state index in [0.29, 0.717) is 0 Å². The molecule has 1 saturated carbocycles. The number of fused-ring (bicyclic) bond motifs is 1. The van der Waals surface area contributed by atoms with Gasteiger partial charge in [-0.3, -0.25) is 0 Å². The van der Waals surface area contributed by atoms with Crippen molar-refractivity contribution in [3.05, 3.63) is 22.8 Å². The maximum atomic E-state index is 10.7. The van der Waals surface area contributed by atoms with Gasteiger partial charge in [-0.25, -0.2) is 4.79 Å². The topological polar surface area (TPSA) is 47.9 Å². The smallest absolute Gasteiger partial charge is 0.235 e. The number of carbonyl (C=O) groups excluding carboxylic acids is 1. The van der Waals surface area contributed by atoms with Crippen molar-refractivity contribution in [3.63, 3.8) is 0 Å². The highest BCUT2D eigenvalue weighted by atomic mass is 16.7. The van der Waals surface area contributed by atoms with E-state index >= 15 is 0 Å². The molecule has 1 fully saturated rings. The molecule has 3 rings (SSSR count). The average molecular weight is 245 g/mol. The van der Waals surface area contributed by atoms with Crippen LogP contribution in [0.5, 0.6) is 11.5 Å². The van der Waals surface area contributed by atoms with E-state index in [1.807, 2.05) is 13.8 Å². The standard InChI is InChI=1S/C14H15NO3/c1-9-6-11(14(15-7-16)4-3-5-14)13-12(10(9)2)17-8-18-13/h6H,3-5,8H2,1-2H3. The van der Waals surface area contributed by atoms with Crippen LogP contribution in [0.2, 0.25) is 0 Å². The third kappa shape index (κ3) is 1.39. The number of ether oxygens (including phenoxy) is 2. The SMILES string of the molecule is Cc1cc(C2(N=C=O)CCC2)c2c(c1C)OCO2. The van der Waals surface area contributed by atoms with E-state index in [1.54, 1.807) is 6.08 Å². The molecule has 0 unspecified atom stereocenters. The van der Waals surface area contributed by atoms with E-state index < -0.39 is 5.54 Å². The first-order valence-electron chi connectivity index (χ1n) is 6.17. The average Bonchev–Trinajstić information content (AvgIpc) is 2.78. The van der Waals surface area contributed by atoms with Crippen LogP contribution in [0.3, 0.4) is 0 Å². The van der Waals surface area contributed by atoms with Crippen LogP contribution in [0.4, 0.5) is 0 Å². The Morgan fingerprint density at radius 2 is 2.00 bits per heavy atom. The highest BCUT2D eigenvalue weighted by Gasteiger charge is 2.43. The minimum Gasteiger partial charge on any atom is -0.453 e. The Morgan fingerprint density at radius 3 is 2.61 bits per heavy atom. The van der Waals surface area contributed by atoms with Crippen molar-refractivity contribution in [1.29, 1.82) is 0 Å². The monoisotopic (exact) mass is 245 g/mol. The van der Waals surface area contributed by atoms with Crippen molar-refractivity contribution in [2.24, 2.45) is 4.99 Å². The summed E-state index contributed by atoms with van der Waals surface area (Å²) in [6.45, 7) is 4.30. The molecule has 0 saturated heterocycles. The molecule has 2 aliphatic rings.